The van der Waals surface area contributed by atoms with Crippen LogP contribution in [0.4, 0.5) is 10.5 Å². The summed E-state index contributed by atoms with van der Waals surface area (Å²) in [4.78, 5) is 41.0. The van der Waals surface area contributed by atoms with Gasteiger partial charge in [0, 0.05) is 6.04 Å². The Labute approximate surface area is 228 Å². The number of ether oxygens (including phenoxy) is 1. The fraction of sp³-hybridized carbons (Fsp3) is 0.393. The second kappa shape index (κ2) is 13.4. The summed E-state index contributed by atoms with van der Waals surface area (Å²) in [5.41, 5.74) is 1.85. The molecule has 0 fully saturated rings. The minimum atomic E-state index is -1.18. The summed E-state index contributed by atoms with van der Waals surface area (Å²) in [5.74, 6) is -0.556. The van der Waals surface area contributed by atoms with Crippen LogP contribution in [-0.2, 0) is 14.3 Å². The van der Waals surface area contributed by atoms with E-state index in [1.54, 1.807) is 51.1 Å². The summed E-state index contributed by atoms with van der Waals surface area (Å²) in [6.45, 7) is 8.88. The van der Waals surface area contributed by atoms with Crippen molar-refractivity contribution in [2.75, 3.05) is 17.3 Å². The minimum absolute atomic E-state index is 0.295. The first-order valence-corrected chi connectivity index (χ1v) is 13.6. The van der Waals surface area contributed by atoms with E-state index in [-0.39, 0.29) is 0 Å². The molecule has 0 aliphatic carbocycles. The molecule has 7 nitrogen and oxygen atoms in total. The normalized spacial score (nSPS) is 12.6. The molecule has 0 aliphatic rings. The van der Waals surface area contributed by atoms with Gasteiger partial charge in [0.15, 0.2) is 0 Å². The Balaban J connectivity index is 2.48. The van der Waals surface area contributed by atoms with Crippen molar-refractivity contribution in [3.63, 3.8) is 0 Å². The topological polar surface area (TPSA) is 87.7 Å². The third-order valence-electron chi connectivity index (χ3n) is 5.31. The van der Waals surface area contributed by atoms with E-state index in [9.17, 15) is 14.4 Å². The molecule has 0 saturated carbocycles. The Morgan fingerprint density at radius 1 is 1.16 bits per heavy atom. The second-order valence-corrected chi connectivity index (χ2v) is 10.9. The number of hydrogen-bond donors (Lipinski definition) is 2. The Bertz CT molecular complexity index is 1150. The lowest BCUT2D eigenvalue weighted by atomic mass is 10.0. The maximum Gasteiger partial charge on any atom is 0.408 e. The Hall–Kier alpha value is -3.15. The fourth-order valence-corrected chi connectivity index (χ4v) is 4.36. The molecule has 0 aliphatic heterocycles. The number of rotatable bonds is 9. The van der Waals surface area contributed by atoms with Gasteiger partial charge in [-0.3, -0.25) is 14.5 Å². The van der Waals surface area contributed by atoms with Gasteiger partial charge in [-0.2, -0.15) is 11.8 Å². The van der Waals surface area contributed by atoms with Crippen LogP contribution in [0.15, 0.2) is 42.5 Å². The maximum absolute atomic E-state index is 13.8. The first-order chi connectivity index (χ1) is 17.4. The van der Waals surface area contributed by atoms with Gasteiger partial charge in [-0.1, -0.05) is 60.0 Å². The highest BCUT2D eigenvalue weighted by Gasteiger charge is 2.36. The third kappa shape index (κ3) is 8.73. The number of amides is 3. The molecule has 2 aromatic carbocycles. The van der Waals surface area contributed by atoms with Gasteiger partial charge in [0.1, 0.15) is 17.7 Å². The van der Waals surface area contributed by atoms with Crippen molar-refractivity contribution in [3.8, 4) is 12.5 Å². The largest absolute Gasteiger partial charge is 0.444 e. The second-order valence-electron chi connectivity index (χ2n) is 9.56. The number of anilines is 1. The zero-order valence-corrected chi connectivity index (χ0v) is 23.6. The average molecular weight is 544 g/mol. The Morgan fingerprint density at radius 2 is 1.84 bits per heavy atom. The molecule has 2 atom stereocenters. The molecule has 0 aromatic heterocycles. The van der Waals surface area contributed by atoms with Crippen molar-refractivity contribution in [1.82, 2.24) is 10.2 Å². The minimum Gasteiger partial charge on any atom is -0.444 e. The van der Waals surface area contributed by atoms with Crippen LogP contribution in [0.2, 0.25) is 5.02 Å². The fourth-order valence-electron chi connectivity index (χ4n) is 3.62. The molecule has 3 amide bonds. The number of nitrogens with one attached hydrogen (secondary N) is 2. The molecule has 0 spiro atoms. The quantitative estimate of drug-likeness (QED) is 0.313. The molecule has 0 radical (unpaired) electrons. The van der Waals surface area contributed by atoms with Gasteiger partial charge >= 0.3 is 6.09 Å². The molecule has 37 heavy (non-hydrogen) atoms. The monoisotopic (exact) mass is 543 g/mol. The van der Waals surface area contributed by atoms with E-state index in [0.717, 1.165) is 16.0 Å². The number of carbonyl (C=O) groups is 3. The smallest absolute Gasteiger partial charge is 0.408 e. The van der Waals surface area contributed by atoms with E-state index >= 15 is 0 Å². The molecular weight excluding hydrogens is 510 g/mol. The van der Waals surface area contributed by atoms with Gasteiger partial charge in [-0.25, -0.2) is 4.79 Å². The summed E-state index contributed by atoms with van der Waals surface area (Å²) in [6, 6.07) is 12.7. The summed E-state index contributed by atoms with van der Waals surface area (Å²) >= 11 is 7.86. The average Bonchev–Trinajstić information content (AvgIpc) is 2.80. The number of halogens is 1. The lowest BCUT2D eigenvalue weighted by Gasteiger charge is -2.30. The number of nitrogens with zero attached hydrogens (tertiary/aromatic N) is 1. The number of hydrogen-bond acceptors (Lipinski definition) is 5. The molecule has 9 heteroatoms. The zero-order valence-electron chi connectivity index (χ0n) is 22.1. The standard InChI is InChI=1S/C28H34ClN3O4S/c1-8-32(26(34)22(15-16-37-7)30-27(35)36-28(4,5)6)24(20-13-9-11-18(2)17-20)25(33)31-23-19(3)12-10-14-21(23)29/h1,9-14,17,22,24H,15-16H2,2-7H3,(H,30,35)(H,31,33). The van der Waals surface area contributed by atoms with Crippen LogP contribution in [0.25, 0.3) is 0 Å². The van der Waals surface area contributed by atoms with Gasteiger partial charge in [0.05, 0.1) is 10.7 Å². The molecule has 2 N–H and O–H groups in total. The predicted octanol–water partition coefficient (Wildman–Crippen LogP) is 5.70. The number of terminal acetylenes is 1. The molecule has 2 rings (SSSR count). The summed E-state index contributed by atoms with van der Waals surface area (Å²) in [6.07, 6.45) is 7.28. The van der Waals surface area contributed by atoms with Gasteiger partial charge in [0.25, 0.3) is 11.8 Å². The van der Waals surface area contributed by atoms with Crippen molar-refractivity contribution >= 4 is 47.0 Å². The van der Waals surface area contributed by atoms with Crippen LogP contribution in [0.1, 0.15) is 49.9 Å². The van der Waals surface area contributed by atoms with E-state index < -0.39 is 35.6 Å². The van der Waals surface area contributed by atoms with Gasteiger partial charge in [-0.15, -0.1) is 0 Å². The van der Waals surface area contributed by atoms with Gasteiger partial charge in [0.2, 0.25) is 0 Å². The number of alkyl carbamates (subject to hydrolysis) is 1. The molecule has 0 heterocycles. The van der Waals surface area contributed by atoms with Crippen molar-refractivity contribution < 1.29 is 19.1 Å². The number of para-hydroxylation sites is 1. The van der Waals surface area contributed by atoms with Crippen LogP contribution in [-0.4, -0.2) is 46.5 Å². The van der Waals surface area contributed by atoms with Gasteiger partial charge < -0.3 is 15.4 Å². The highest BCUT2D eigenvalue weighted by atomic mass is 35.5. The SMILES string of the molecule is C#CN(C(=O)C(CCSC)NC(=O)OC(C)(C)C)C(C(=O)Nc1c(C)cccc1Cl)c1cccc(C)c1. The Kier molecular flexibility index (Phi) is 10.9. The van der Waals surface area contributed by atoms with E-state index in [1.807, 2.05) is 32.2 Å². The van der Waals surface area contributed by atoms with Crippen LogP contribution >= 0.6 is 23.4 Å². The number of carbonyl (C=O) groups excluding carboxylic acids is 3. The molecule has 0 bridgehead atoms. The third-order valence-corrected chi connectivity index (χ3v) is 6.27. The van der Waals surface area contributed by atoms with Crippen molar-refractivity contribution in [1.29, 1.82) is 0 Å². The molecular formula is C28H34ClN3O4S. The van der Waals surface area contributed by atoms with Crippen molar-refractivity contribution in [2.45, 2.75) is 58.7 Å². The van der Waals surface area contributed by atoms with Crippen molar-refractivity contribution in [2.24, 2.45) is 0 Å². The Morgan fingerprint density at radius 3 is 2.41 bits per heavy atom. The first-order valence-electron chi connectivity index (χ1n) is 11.8. The lowest BCUT2D eigenvalue weighted by Crippen LogP contribution is -2.51. The summed E-state index contributed by atoms with van der Waals surface area (Å²) in [5, 5.41) is 5.84. The van der Waals surface area contributed by atoms with E-state index in [4.69, 9.17) is 22.8 Å². The molecule has 2 unspecified atom stereocenters. The predicted molar refractivity (Wildman–Crippen MR) is 151 cm³/mol. The zero-order chi connectivity index (χ0) is 27.8. The molecule has 0 saturated heterocycles. The summed E-state index contributed by atoms with van der Waals surface area (Å²) < 4.78 is 5.35. The first kappa shape index (κ1) is 30.1. The molecule has 198 valence electrons. The maximum atomic E-state index is 13.8. The lowest BCUT2D eigenvalue weighted by molar-refractivity contribution is -0.136. The van der Waals surface area contributed by atoms with E-state index in [0.29, 0.717) is 28.4 Å². The molecule has 2 aromatic rings. The number of benzene rings is 2. The number of thioether (sulfide) groups is 1. The van der Waals surface area contributed by atoms with Gasteiger partial charge in [-0.05, 0) is 70.2 Å². The van der Waals surface area contributed by atoms with Crippen LogP contribution in [0, 0.1) is 26.3 Å². The van der Waals surface area contributed by atoms with E-state index in [1.165, 1.54) is 11.8 Å². The van der Waals surface area contributed by atoms with Crippen molar-refractivity contribution in [3.05, 3.63) is 64.2 Å². The van der Waals surface area contributed by atoms with Crippen LogP contribution in [0.5, 0.6) is 0 Å². The van der Waals surface area contributed by atoms with Crippen LogP contribution in [0.3, 0.4) is 0 Å². The summed E-state index contributed by atoms with van der Waals surface area (Å²) in [7, 11) is 0. The van der Waals surface area contributed by atoms with E-state index in [2.05, 4.69) is 16.7 Å². The highest BCUT2D eigenvalue weighted by molar-refractivity contribution is 7.98. The highest BCUT2D eigenvalue weighted by Crippen LogP contribution is 2.29. The number of aryl methyl sites for hydroxylation is 2. The van der Waals surface area contributed by atoms with Crippen LogP contribution < -0.4 is 10.6 Å².